The Bertz CT molecular complexity index is 903. The third-order valence-corrected chi connectivity index (χ3v) is 5.94. The zero-order valence-electron chi connectivity index (χ0n) is 13.7. The third-order valence-electron chi connectivity index (χ3n) is 4.07. The molecule has 130 valence electrons. The molecule has 25 heavy (non-hydrogen) atoms. The summed E-state index contributed by atoms with van der Waals surface area (Å²) in [6.45, 7) is 1.95. The van der Waals surface area contributed by atoms with Crippen LogP contribution in [0.5, 0.6) is 0 Å². The molecular weight excluding hydrogens is 340 g/mol. The van der Waals surface area contributed by atoms with E-state index in [1.807, 2.05) is 0 Å². The van der Waals surface area contributed by atoms with Crippen molar-refractivity contribution < 1.29 is 18.0 Å². The Hall–Kier alpha value is -2.67. The van der Waals surface area contributed by atoms with Gasteiger partial charge in [0, 0.05) is 23.4 Å². The van der Waals surface area contributed by atoms with Crippen molar-refractivity contribution in [3.8, 4) is 0 Å². The number of carbonyl (C=O) groups excluding carboxylic acids is 2. The van der Waals surface area contributed by atoms with Gasteiger partial charge in [0.05, 0.1) is 11.4 Å². The zero-order chi connectivity index (χ0) is 18.0. The van der Waals surface area contributed by atoms with E-state index in [1.54, 1.807) is 48.5 Å². The van der Waals surface area contributed by atoms with Crippen LogP contribution >= 0.6 is 0 Å². The van der Waals surface area contributed by atoms with Crippen LogP contribution in [0, 0.1) is 0 Å². The second-order valence-corrected chi connectivity index (χ2v) is 7.89. The van der Waals surface area contributed by atoms with Crippen LogP contribution in [0.1, 0.15) is 34.1 Å². The molecule has 1 amide bonds. The van der Waals surface area contributed by atoms with Crippen LogP contribution in [0.25, 0.3) is 0 Å². The van der Waals surface area contributed by atoms with Crippen LogP contribution in [0.4, 0.5) is 11.4 Å². The smallest absolute Gasteiger partial charge is 0.255 e. The molecule has 1 aliphatic heterocycles. The van der Waals surface area contributed by atoms with Gasteiger partial charge in [-0.15, -0.1) is 0 Å². The van der Waals surface area contributed by atoms with E-state index in [4.69, 9.17) is 0 Å². The molecule has 0 aromatic heterocycles. The summed E-state index contributed by atoms with van der Waals surface area (Å²) in [5.74, 6) is -0.178. The standard InChI is InChI=1S/C18H18N2O4S/c1-13(21)14-3-7-16(8-4-14)19-18(22)15-5-9-17(10-6-15)20-11-2-12-25(20,23)24/h3-10H,2,11-12H2,1H3,(H,19,22). The molecule has 1 fully saturated rings. The highest BCUT2D eigenvalue weighted by Gasteiger charge is 2.28. The number of carbonyl (C=O) groups is 2. The lowest BCUT2D eigenvalue weighted by atomic mass is 10.1. The molecule has 2 aromatic rings. The summed E-state index contributed by atoms with van der Waals surface area (Å²) in [6.07, 6.45) is 0.612. The normalized spacial score (nSPS) is 15.8. The molecule has 2 aromatic carbocycles. The number of nitrogens with zero attached hydrogens (tertiary/aromatic N) is 1. The van der Waals surface area contributed by atoms with Gasteiger partial charge in [0.25, 0.3) is 5.91 Å². The number of hydrogen-bond acceptors (Lipinski definition) is 4. The maximum atomic E-state index is 12.3. The molecule has 6 nitrogen and oxygen atoms in total. The number of nitrogens with one attached hydrogen (secondary N) is 1. The van der Waals surface area contributed by atoms with E-state index >= 15 is 0 Å². The largest absolute Gasteiger partial charge is 0.322 e. The molecule has 0 saturated carbocycles. The number of sulfonamides is 1. The number of rotatable bonds is 4. The first-order valence-electron chi connectivity index (χ1n) is 7.90. The third kappa shape index (κ3) is 3.71. The maximum Gasteiger partial charge on any atom is 0.255 e. The van der Waals surface area contributed by atoms with Crippen molar-refractivity contribution >= 4 is 33.1 Å². The van der Waals surface area contributed by atoms with E-state index in [2.05, 4.69) is 5.32 Å². The fourth-order valence-electron chi connectivity index (χ4n) is 2.70. The fraction of sp³-hybridized carbons (Fsp3) is 0.222. The maximum absolute atomic E-state index is 12.3. The topological polar surface area (TPSA) is 83.6 Å². The highest BCUT2D eigenvalue weighted by atomic mass is 32.2. The van der Waals surface area contributed by atoms with E-state index in [9.17, 15) is 18.0 Å². The molecule has 7 heteroatoms. The van der Waals surface area contributed by atoms with Gasteiger partial charge in [0.15, 0.2) is 5.78 Å². The monoisotopic (exact) mass is 358 g/mol. The molecule has 1 saturated heterocycles. The van der Waals surface area contributed by atoms with Crippen LogP contribution in [0.15, 0.2) is 48.5 Å². The van der Waals surface area contributed by atoms with Crippen molar-refractivity contribution in [2.75, 3.05) is 21.9 Å². The minimum Gasteiger partial charge on any atom is -0.322 e. The first-order valence-corrected chi connectivity index (χ1v) is 9.50. The molecule has 0 unspecified atom stereocenters. The summed E-state index contributed by atoms with van der Waals surface area (Å²) in [4.78, 5) is 23.5. The molecule has 3 rings (SSSR count). The van der Waals surface area contributed by atoms with Crippen molar-refractivity contribution in [2.45, 2.75) is 13.3 Å². The van der Waals surface area contributed by atoms with Gasteiger partial charge in [-0.2, -0.15) is 0 Å². The Morgan fingerprint density at radius 2 is 1.56 bits per heavy atom. The summed E-state index contributed by atoms with van der Waals surface area (Å²) >= 11 is 0. The number of hydrogen-bond donors (Lipinski definition) is 1. The van der Waals surface area contributed by atoms with Gasteiger partial charge in [0.2, 0.25) is 10.0 Å². The van der Waals surface area contributed by atoms with E-state index in [0.29, 0.717) is 35.5 Å². The van der Waals surface area contributed by atoms with Crippen molar-refractivity contribution in [3.05, 3.63) is 59.7 Å². The fourth-order valence-corrected chi connectivity index (χ4v) is 4.26. The first kappa shape index (κ1) is 17.2. The van der Waals surface area contributed by atoms with Crippen molar-refractivity contribution in [1.82, 2.24) is 0 Å². The Kier molecular flexibility index (Phi) is 4.59. The van der Waals surface area contributed by atoms with Crippen molar-refractivity contribution in [2.24, 2.45) is 0 Å². The lowest BCUT2D eigenvalue weighted by Gasteiger charge is -2.17. The summed E-state index contributed by atoms with van der Waals surface area (Å²) in [6, 6.07) is 13.1. The molecule has 1 heterocycles. The van der Waals surface area contributed by atoms with Gasteiger partial charge in [-0.3, -0.25) is 13.9 Å². The lowest BCUT2D eigenvalue weighted by Crippen LogP contribution is -2.25. The van der Waals surface area contributed by atoms with E-state index in [1.165, 1.54) is 11.2 Å². The minimum atomic E-state index is -3.23. The average molecular weight is 358 g/mol. The second kappa shape index (κ2) is 6.68. The summed E-state index contributed by atoms with van der Waals surface area (Å²) in [5.41, 5.74) is 2.16. The van der Waals surface area contributed by atoms with Crippen LogP contribution in [0.2, 0.25) is 0 Å². The van der Waals surface area contributed by atoms with E-state index in [0.717, 1.165) is 0 Å². The number of ketones is 1. The second-order valence-electron chi connectivity index (χ2n) is 5.88. The Morgan fingerprint density at radius 1 is 0.960 bits per heavy atom. The molecule has 0 bridgehead atoms. The minimum absolute atomic E-state index is 0.0367. The van der Waals surface area contributed by atoms with Gasteiger partial charge in [-0.25, -0.2) is 8.42 Å². The molecular formula is C18H18N2O4S. The average Bonchev–Trinajstić information content (AvgIpc) is 2.94. The van der Waals surface area contributed by atoms with Crippen molar-refractivity contribution in [1.29, 1.82) is 0 Å². The highest BCUT2D eigenvalue weighted by Crippen LogP contribution is 2.24. The van der Waals surface area contributed by atoms with E-state index in [-0.39, 0.29) is 17.4 Å². The highest BCUT2D eigenvalue weighted by molar-refractivity contribution is 7.93. The van der Waals surface area contributed by atoms with Crippen LogP contribution < -0.4 is 9.62 Å². The molecule has 0 spiro atoms. The molecule has 0 radical (unpaired) electrons. The van der Waals surface area contributed by atoms with Crippen LogP contribution in [0.3, 0.4) is 0 Å². The van der Waals surface area contributed by atoms with Gasteiger partial charge in [0.1, 0.15) is 0 Å². The predicted molar refractivity (Wildman–Crippen MR) is 96.6 cm³/mol. The Balaban J connectivity index is 1.71. The lowest BCUT2D eigenvalue weighted by molar-refractivity contribution is 0.101. The molecule has 1 aliphatic rings. The predicted octanol–water partition coefficient (Wildman–Crippen LogP) is 2.68. The van der Waals surface area contributed by atoms with Gasteiger partial charge in [-0.1, -0.05) is 0 Å². The molecule has 0 atom stereocenters. The first-order chi connectivity index (χ1) is 11.9. The van der Waals surface area contributed by atoms with Crippen LogP contribution in [-0.4, -0.2) is 32.4 Å². The number of amides is 1. The molecule has 0 aliphatic carbocycles. The number of benzene rings is 2. The molecule has 1 N–H and O–H groups in total. The van der Waals surface area contributed by atoms with Crippen molar-refractivity contribution in [3.63, 3.8) is 0 Å². The van der Waals surface area contributed by atoms with Crippen LogP contribution in [-0.2, 0) is 10.0 Å². The Labute approximate surface area is 146 Å². The van der Waals surface area contributed by atoms with Gasteiger partial charge < -0.3 is 5.32 Å². The SMILES string of the molecule is CC(=O)c1ccc(NC(=O)c2ccc(N3CCCS3(=O)=O)cc2)cc1. The van der Waals surface area contributed by atoms with E-state index < -0.39 is 10.0 Å². The zero-order valence-corrected chi connectivity index (χ0v) is 14.5. The summed E-state index contributed by atoms with van der Waals surface area (Å²) in [7, 11) is -3.23. The van der Waals surface area contributed by atoms with Gasteiger partial charge in [-0.05, 0) is 61.9 Å². The summed E-state index contributed by atoms with van der Waals surface area (Å²) in [5, 5.41) is 2.75. The number of Topliss-reactive ketones (excluding diaryl/α,β-unsaturated/α-hetero) is 1. The Morgan fingerprint density at radius 3 is 2.08 bits per heavy atom. The quantitative estimate of drug-likeness (QED) is 0.852. The van der Waals surface area contributed by atoms with Gasteiger partial charge >= 0.3 is 0 Å². The number of anilines is 2. The summed E-state index contributed by atoms with van der Waals surface area (Å²) < 4.78 is 25.2.